The molecule has 0 aliphatic carbocycles. The van der Waals surface area contributed by atoms with Gasteiger partial charge in [-0.3, -0.25) is 9.80 Å². The minimum atomic E-state index is -3.12. The lowest BCUT2D eigenvalue weighted by atomic mass is 10.2. The number of hydrogen-bond acceptors (Lipinski definition) is 6. The third kappa shape index (κ3) is 3.98. The van der Waals surface area contributed by atoms with Gasteiger partial charge < -0.3 is 0 Å². The molecule has 1 atom stereocenters. The highest BCUT2D eigenvalue weighted by atomic mass is 32.2. The number of benzene rings is 1. The fourth-order valence-electron chi connectivity index (χ4n) is 3.60. The van der Waals surface area contributed by atoms with Crippen molar-refractivity contribution in [3.63, 3.8) is 0 Å². The topological polar surface area (TPSA) is 75.5 Å². The van der Waals surface area contributed by atoms with E-state index in [0.29, 0.717) is 17.8 Å². The van der Waals surface area contributed by atoms with Crippen molar-refractivity contribution in [2.45, 2.75) is 12.5 Å². The van der Waals surface area contributed by atoms with E-state index in [1.165, 1.54) is 0 Å². The highest BCUT2D eigenvalue weighted by molar-refractivity contribution is 7.91. The van der Waals surface area contributed by atoms with Crippen molar-refractivity contribution in [2.24, 2.45) is 0 Å². The van der Waals surface area contributed by atoms with Crippen LogP contribution >= 0.6 is 11.3 Å². The Bertz CT molecular complexity index is 1110. The molecule has 3 heterocycles. The molecule has 4 rings (SSSR count). The quantitative estimate of drug-likeness (QED) is 0.582. The summed E-state index contributed by atoms with van der Waals surface area (Å²) in [6, 6.07) is 14.8. The summed E-state index contributed by atoms with van der Waals surface area (Å²) >= 11 is 1.55. The van der Waals surface area contributed by atoms with Crippen LogP contribution in [0.25, 0.3) is 16.3 Å². The molecular weight excluding hydrogens is 408 g/mol. The van der Waals surface area contributed by atoms with Crippen molar-refractivity contribution in [3.05, 3.63) is 59.6 Å². The Labute approximate surface area is 174 Å². The molecule has 0 radical (unpaired) electrons. The van der Waals surface area contributed by atoms with Gasteiger partial charge in [0.2, 0.25) is 0 Å². The lowest BCUT2D eigenvalue weighted by Crippen LogP contribution is -2.49. The molecule has 152 valence electrons. The highest BCUT2D eigenvalue weighted by Gasteiger charge is 2.37. The zero-order valence-electron chi connectivity index (χ0n) is 16.2. The largest absolute Gasteiger partial charge is 0.287 e. The smallest absolute Gasteiger partial charge is 0.266 e. The van der Waals surface area contributed by atoms with Gasteiger partial charge in [-0.25, -0.2) is 18.1 Å². The maximum Gasteiger partial charge on any atom is 0.287 e. The molecule has 0 saturated carbocycles. The number of hydrogen-bond donors (Lipinski definition) is 0. The summed E-state index contributed by atoms with van der Waals surface area (Å²) in [5, 5.41) is 9.86. The fraction of sp³-hybridized carbons (Fsp3) is 0.300. The second kappa shape index (κ2) is 7.74. The standard InChI is InChI=1S/C20H22N4O3S2/c1-22(2)24(16-10-12-29(26,27)14-16)20(25)18-13-17(19-9-6-11-28-19)21-23(18)15-7-4-3-5-8-15/h3-9,11,13,16H,10,12,14H2,1-2H3/t16-/m1/s1. The molecule has 1 aliphatic rings. The predicted molar refractivity (Wildman–Crippen MR) is 114 cm³/mol. The maximum absolute atomic E-state index is 13.6. The van der Waals surface area contributed by atoms with E-state index in [1.807, 2.05) is 47.8 Å². The number of carbonyl (C=O) groups excluding carboxylic acids is 1. The summed E-state index contributed by atoms with van der Waals surface area (Å²) < 4.78 is 25.6. The van der Waals surface area contributed by atoms with E-state index in [-0.39, 0.29) is 23.5 Å². The molecule has 7 nitrogen and oxygen atoms in total. The number of rotatable bonds is 5. The van der Waals surface area contributed by atoms with Gasteiger partial charge in [0.25, 0.3) is 5.91 Å². The van der Waals surface area contributed by atoms with Gasteiger partial charge in [0.15, 0.2) is 9.84 Å². The number of nitrogens with zero attached hydrogens (tertiary/aromatic N) is 4. The normalized spacial score (nSPS) is 18.2. The summed E-state index contributed by atoms with van der Waals surface area (Å²) in [7, 11) is 0.389. The molecule has 1 aliphatic heterocycles. The van der Waals surface area contributed by atoms with Gasteiger partial charge in [0.05, 0.1) is 28.1 Å². The Hall–Kier alpha value is -2.49. The zero-order valence-corrected chi connectivity index (χ0v) is 17.9. The van der Waals surface area contributed by atoms with Gasteiger partial charge in [0, 0.05) is 14.1 Å². The highest BCUT2D eigenvalue weighted by Crippen LogP contribution is 2.28. The van der Waals surface area contributed by atoms with Gasteiger partial charge in [-0.05, 0) is 36.1 Å². The summed E-state index contributed by atoms with van der Waals surface area (Å²) in [4.78, 5) is 14.6. The summed E-state index contributed by atoms with van der Waals surface area (Å²) in [6.45, 7) is 0. The Kier molecular flexibility index (Phi) is 5.28. The lowest BCUT2D eigenvalue weighted by molar-refractivity contribution is 0.000188. The van der Waals surface area contributed by atoms with E-state index < -0.39 is 9.84 Å². The van der Waals surface area contributed by atoms with Crippen molar-refractivity contribution < 1.29 is 13.2 Å². The van der Waals surface area contributed by atoms with Crippen LogP contribution in [0.1, 0.15) is 16.9 Å². The van der Waals surface area contributed by atoms with Crippen LogP contribution in [0, 0.1) is 0 Å². The first-order valence-electron chi connectivity index (χ1n) is 9.26. The maximum atomic E-state index is 13.6. The Morgan fingerprint density at radius 3 is 2.52 bits per heavy atom. The second-order valence-corrected chi connectivity index (χ2v) is 10.4. The Balaban J connectivity index is 1.78. The average Bonchev–Trinajstić information content (AvgIpc) is 3.41. The van der Waals surface area contributed by atoms with Crippen LogP contribution in [0.15, 0.2) is 53.9 Å². The molecule has 1 saturated heterocycles. The first kappa shape index (κ1) is 19.8. The SMILES string of the molecule is CN(C)N(C(=O)c1cc(-c2cccs2)nn1-c1ccccc1)[C@@H]1CCS(=O)(=O)C1. The Morgan fingerprint density at radius 2 is 1.93 bits per heavy atom. The molecule has 29 heavy (non-hydrogen) atoms. The monoisotopic (exact) mass is 430 g/mol. The van der Waals surface area contributed by atoms with E-state index in [1.54, 1.807) is 46.2 Å². The van der Waals surface area contributed by atoms with Crippen LogP contribution in [-0.2, 0) is 9.84 Å². The van der Waals surface area contributed by atoms with Crippen LogP contribution in [-0.4, -0.2) is 65.8 Å². The molecular formula is C20H22N4O3S2. The number of thiophene rings is 1. The van der Waals surface area contributed by atoms with Crippen LogP contribution < -0.4 is 0 Å². The fourth-order valence-corrected chi connectivity index (χ4v) is 5.98. The first-order valence-corrected chi connectivity index (χ1v) is 12.0. The molecule has 1 amide bonds. The van der Waals surface area contributed by atoms with Crippen LogP contribution in [0.4, 0.5) is 0 Å². The summed E-state index contributed by atoms with van der Waals surface area (Å²) in [5.74, 6) is -0.182. The molecule has 0 bridgehead atoms. The van der Waals surface area contributed by atoms with E-state index in [4.69, 9.17) is 0 Å². The number of amides is 1. The first-order chi connectivity index (χ1) is 13.9. The minimum Gasteiger partial charge on any atom is -0.266 e. The van der Waals surface area contributed by atoms with Crippen LogP contribution in [0.5, 0.6) is 0 Å². The second-order valence-electron chi connectivity index (χ2n) is 7.19. The molecule has 3 aromatic rings. The van der Waals surface area contributed by atoms with Crippen molar-refractivity contribution in [3.8, 4) is 16.3 Å². The number of hydrazine groups is 1. The summed E-state index contributed by atoms with van der Waals surface area (Å²) in [5.41, 5.74) is 1.89. The Morgan fingerprint density at radius 1 is 1.17 bits per heavy atom. The van der Waals surface area contributed by atoms with Gasteiger partial charge in [-0.15, -0.1) is 11.3 Å². The zero-order chi connectivity index (χ0) is 20.6. The van der Waals surface area contributed by atoms with E-state index in [2.05, 4.69) is 5.10 Å². The van der Waals surface area contributed by atoms with Crippen molar-refractivity contribution in [1.82, 2.24) is 19.8 Å². The van der Waals surface area contributed by atoms with Crippen LogP contribution in [0.3, 0.4) is 0 Å². The molecule has 0 spiro atoms. The third-order valence-corrected chi connectivity index (χ3v) is 7.54. The third-order valence-electron chi connectivity index (χ3n) is 4.90. The van der Waals surface area contributed by atoms with E-state index >= 15 is 0 Å². The molecule has 9 heteroatoms. The van der Waals surface area contributed by atoms with E-state index in [9.17, 15) is 13.2 Å². The minimum absolute atomic E-state index is 0.0197. The van der Waals surface area contributed by atoms with Crippen LogP contribution in [0.2, 0.25) is 0 Å². The molecule has 0 N–H and O–H groups in total. The van der Waals surface area contributed by atoms with Gasteiger partial charge >= 0.3 is 0 Å². The predicted octanol–water partition coefficient (Wildman–Crippen LogP) is 2.71. The number of aromatic nitrogens is 2. The number of carbonyl (C=O) groups is 1. The van der Waals surface area contributed by atoms with Gasteiger partial charge in [0.1, 0.15) is 11.4 Å². The lowest BCUT2D eigenvalue weighted by Gasteiger charge is -2.33. The average molecular weight is 431 g/mol. The van der Waals surface area contributed by atoms with Gasteiger partial charge in [-0.2, -0.15) is 5.10 Å². The van der Waals surface area contributed by atoms with E-state index in [0.717, 1.165) is 10.6 Å². The number of para-hydroxylation sites is 1. The molecule has 2 aromatic heterocycles. The molecule has 1 fully saturated rings. The van der Waals surface area contributed by atoms with Crippen molar-refractivity contribution in [2.75, 3.05) is 25.6 Å². The molecule has 0 unspecified atom stereocenters. The van der Waals surface area contributed by atoms with Gasteiger partial charge in [-0.1, -0.05) is 24.3 Å². The summed E-state index contributed by atoms with van der Waals surface area (Å²) in [6.07, 6.45) is 0.434. The number of sulfone groups is 1. The molecule has 1 aromatic carbocycles. The van der Waals surface area contributed by atoms with Crippen molar-refractivity contribution in [1.29, 1.82) is 0 Å². The van der Waals surface area contributed by atoms with Crippen molar-refractivity contribution >= 4 is 27.1 Å².